The minimum atomic E-state index is -0.475. The first kappa shape index (κ1) is 21.9. The summed E-state index contributed by atoms with van der Waals surface area (Å²) in [4.78, 5) is 41.7. The summed E-state index contributed by atoms with van der Waals surface area (Å²) >= 11 is 0. The molecular weight excluding hydrogens is 426 g/mol. The first-order valence-corrected chi connectivity index (χ1v) is 10.1. The molecule has 2 aromatic heterocycles. The fraction of sp³-hybridized carbons (Fsp3) is 0.217. The van der Waals surface area contributed by atoms with E-state index in [0.29, 0.717) is 34.3 Å². The second-order valence-electron chi connectivity index (χ2n) is 7.45. The second-order valence-corrected chi connectivity index (χ2v) is 7.45. The van der Waals surface area contributed by atoms with Gasteiger partial charge in [-0.15, -0.1) is 0 Å². The molecule has 0 saturated carbocycles. The topological polar surface area (TPSA) is 109 Å². The Balaban J connectivity index is 2.06. The van der Waals surface area contributed by atoms with Gasteiger partial charge in [0, 0.05) is 38.3 Å². The molecule has 4 aromatic rings. The Morgan fingerprint density at radius 1 is 0.939 bits per heavy atom. The quantitative estimate of drug-likeness (QED) is 0.500. The number of carbonyl (C=O) groups excluding carboxylic acids is 1. The number of nitrogens with one attached hydrogen (secondary N) is 1. The Kier molecular flexibility index (Phi) is 5.50. The molecule has 0 aliphatic rings. The highest BCUT2D eigenvalue weighted by atomic mass is 16.5. The maximum atomic E-state index is 13.2. The van der Waals surface area contributed by atoms with Crippen LogP contribution >= 0.6 is 0 Å². The fourth-order valence-corrected chi connectivity index (χ4v) is 3.71. The largest absolute Gasteiger partial charge is 0.493 e. The number of fused-ring (bicyclic) bond motifs is 1. The van der Waals surface area contributed by atoms with Crippen molar-refractivity contribution in [3.63, 3.8) is 0 Å². The number of ether oxygens (including phenoxy) is 2. The van der Waals surface area contributed by atoms with Crippen molar-refractivity contribution in [1.29, 1.82) is 0 Å². The fourth-order valence-electron chi connectivity index (χ4n) is 3.71. The molecule has 0 saturated heterocycles. The molecule has 33 heavy (non-hydrogen) atoms. The molecule has 10 nitrogen and oxygen atoms in total. The molecule has 0 radical (unpaired) electrons. The Morgan fingerprint density at radius 2 is 1.61 bits per heavy atom. The molecule has 2 heterocycles. The van der Waals surface area contributed by atoms with Crippen molar-refractivity contribution in [1.82, 2.24) is 18.7 Å². The summed E-state index contributed by atoms with van der Waals surface area (Å²) in [6.07, 6.45) is 0. The van der Waals surface area contributed by atoms with Crippen molar-refractivity contribution >= 4 is 22.8 Å². The van der Waals surface area contributed by atoms with Crippen LogP contribution in [0.1, 0.15) is 6.92 Å². The van der Waals surface area contributed by atoms with E-state index in [-0.39, 0.29) is 17.1 Å². The number of nitrogens with zero attached hydrogens (tertiary/aromatic N) is 4. The van der Waals surface area contributed by atoms with Gasteiger partial charge < -0.3 is 14.8 Å². The summed E-state index contributed by atoms with van der Waals surface area (Å²) in [6.45, 7) is 1.43. The molecule has 0 unspecified atom stereocenters. The standard InChI is InChI=1S/C23H23N5O5/c1-13(29)24-15-8-6-14(7-9-15)20-25-21-19(22(30)27(3)23(31)26(21)2)28(20)16-10-11-17(32-4)18(12-16)33-5/h6-12H,1-5H3,(H,24,29). The first-order valence-electron chi connectivity index (χ1n) is 10.1. The van der Waals surface area contributed by atoms with Crippen molar-refractivity contribution in [2.45, 2.75) is 6.92 Å². The van der Waals surface area contributed by atoms with Gasteiger partial charge in [0.05, 0.1) is 19.9 Å². The van der Waals surface area contributed by atoms with E-state index in [4.69, 9.17) is 9.47 Å². The summed E-state index contributed by atoms with van der Waals surface area (Å²) in [7, 11) is 6.06. The van der Waals surface area contributed by atoms with E-state index in [9.17, 15) is 14.4 Å². The van der Waals surface area contributed by atoms with Crippen LogP contribution in [0.5, 0.6) is 11.5 Å². The van der Waals surface area contributed by atoms with E-state index in [0.717, 1.165) is 4.57 Å². The van der Waals surface area contributed by atoms with E-state index in [1.807, 2.05) is 0 Å². The number of imidazole rings is 1. The highest BCUT2D eigenvalue weighted by Crippen LogP contribution is 2.33. The van der Waals surface area contributed by atoms with Gasteiger partial charge in [-0.05, 0) is 36.4 Å². The smallest absolute Gasteiger partial charge is 0.332 e. The van der Waals surface area contributed by atoms with E-state index < -0.39 is 11.2 Å². The minimum Gasteiger partial charge on any atom is -0.493 e. The molecule has 0 spiro atoms. The zero-order valence-electron chi connectivity index (χ0n) is 18.9. The molecule has 0 fully saturated rings. The van der Waals surface area contributed by atoms with Crippen LogP contribution in [0.25, 0.3) is 28.2 Å². The molecule has 170 valence electrons. The van der Waals surface area contributed by atoms with Gasteiger partial charge in [-0.2, -0.15) is 0 Å². The summed E-state index contributed by atoms with van der Waals surface area (Å²) in [5.74, 6) is 1.28. The van der Waals surface area contributed by atoms with Gasteiger partial charge in [-0.25, -0.2) is 9.78 Å². The van der Waals surface area contributed by atoms with E-state index in [2.05, 4.69) is 10.3 Å². The lowest BCUT2D eigenvalue weighted by Crippen LogP contribution is -2.37. The number of carbonyl (C=O) groups is 1. The molecular formula is C23H23N5O5. The van der Waals surface area contributed by atoms with Crippen LogP contribution in [-0.2, 0) is 18.9 Å². The number of hydrogen-bond acceptors (Lipinski definition) is 6. The third-order valence-corrected chi connectivity index (χ3v) is 5.35. The van der Waals surface area contributed by atoms with Crippen LogP contribution in [0.15, 0.2) is 52.1 Å². The first-order chi connectivity index (χ1) is 15.8. The number of aromatic nitrogens is 4. The predicted molar refractivity (Wildman–Crippen MR) is 124 cm³/mol. The Bertz CT molecular complexity index is 1500. The lowest BCUT2D eigenvalue weighted by atomic mass is 10.2. The SMILES string of the molecule is COc1ccc(-n2c(-c3ccc(NC(C)=O)cc3)nc3c2c(=O)n(C)c(=O)n3C)cc1OC. The van der Waals surface area contributed by atoms with Crippen LogP contribution in [0, 0.1) is 0 Å². The highest BCUT2D eigenvalue weighted by Gasteiger charge is 2.22. The van der Waals surface area contributed by atoms with Crippen LogP contribution in [0.4, 0.5) is 5.69 Å². The Labute approximate surface area is 188 Å². The van der Waals surface area contributed by atoms with Crippen LogP contribution in [-0.4, -0.2) is 38.8 Å². The molecule has 1 amide bonds. The van der Waals surface area contributed by atoms with Crippen molar-refractivity contribution in [2.75, 3.05) is 19.5 Å². The Morgan fingerprint density at radius 3 is 2.21 bits per heavy atom. The number of amides is 1. The van der Waals surface area contributed by atoms with Gasteiger partial charge >= 0.3 is 5.69 Å². The molecule has 10 heteroatoms. The molecule has 0 atom stereocenters. The Hall–Kier alpha value is -4.34. The minimum absolute atomic E-state index is 0.182. The van der Waals surface area contributed by atoms with Crippen molar-refractivity contribution in [3.8, 4) is 28.6 Å². The number of aryl methyl sites for hydroxylation is 1. The summed E-state index contributed by atoms with van der Waals surface area (Å²) < 4.78 is 14.9. The number of methoxy groups -OCH3 is 2. The average molecular weight is 449 g/mol. The van der Waals surface area contributed by atoms with Gasteiger partial charge in [-0.1, -0.05) is 0 Å². The molecule has 4 rings (SSSR count). The van der Waals surface area contributed by atoms with Gasteiger partial charge in [0.25, 0.3) is 5.56 Å². The summed E-state index contributed by atoms with van der Waals surface area (Å²) in [5.41, 5.74) is 1.46. The normalized spacial score (nSPS) is 10.9. The van der Waals surface area contributed by atoms with Gasteiger partial charge in [0.1, 0.15) is 5.82 Å². The maximum absolute atomic E-state index is 13.2. The number of benzene rings is 2. The third-order valence-electron chi connectivity index (χ3n) is 5.35. The summed E-state index contributed by atoms with van der Waals surface area (Å²) in [5, 5.41) is 2.72. The monoisotopic (exact) mass is 449 g/mol. The second kappa shape index (κ2) is 8.30. The van der Waals surface area contributed by atoms with Crippen LogP contribution in [0.2, 0.25) is 0 Å². The van der Waals surface area contributed by atoms with Crippen LogP contribution in [0.3, 0.4) is 0 Å². The van der Waals surface area contributed by atoms with Crippen molar-refractivity contribution in [2.24, 2.45) is 14.1 Å². The van der Waals surface area contributed by atoms with Gasteiger partial charge in [-0.3, -0.25) is 23.3 Å². The highest BCUT2D eigenvalue weighted by molar-refractivity contribution is 5.89. The molecule has 0 aliphatic carbocycles. The zero-order valence-corrected chi connectivity index (χ0v) is 18.9. The van der Waals surface area contributed by atoms with E-state index in [1.165, 1.54) is 32.8 Å². The van der Waals surface area contributed by atoms with E-state index in [1.54, 1.807) is 54.1 Å². The average Bonchev–Trinajstić information content (AvgIpc) is 3.21. The van der Waals surface area contributed by atoms with Gasteiger partial charge in [0.15, 0.2) is 22.7 Å². The number of hydrogen-bond donors (Lipinski definition) is 1. The zero-order chi connectivity index (χ0) is 23.9. The predicted octanol–water partition coefficient (Wildman–Crippen LogP) is 2.07. The molecule has 0 aliphatic heterocycles. The third kappa shape index (κ3) is 3.65. The summed E-state index contributed by atoms with van der Waals surface area (Å²) in [6, 6.07) is 12.3. The maximum Gasteiger partial charge on any atom is 0.332 e. The number of anilines is 1. The van der Waals surface area contributed by atoms with Crippen molar-refractivity contribution < 1.29 is 14.3 Å². The van der Waals surface area contributed by atoms with E-state index >= 15 is 0 Å². The lowest BCUT2D eigenvalue weighted by Gasteiger charge is -2.13. The van der Waals surface area contributed by atoms with Crippen molar-refractivity contribution in [3.05, 3.63) is 63.3 Å². The van der Waals surface area contributed by atoms with Gasteiger partial charge in [0.2, 0.25) is 5.91 Å². The number of rotatable bonds is 5. The van der Waals surface area contributed by atoms with Crippen LogP contribution < -0.4 is 26.0 Å². The molecule has 1 N–H and O–H groups in total. The molecule has 0 bridgehead atoms. The lowest BCUT2D eigenvalue weighted by molar-refractivity contribution is -0.114. The molecule has 2 aromatic carbocycles.